The van der Waals surface area contributed by atoms with E-state index in [0.29, 0.717) is 5.71 Å². The van der Waals surface area contributed by atoms with Gasteiger partial charge in [-0.2, -0.15) is 0 Å². The standard InChI is InChI=1S/C13H11N.C3H7NO.C2H5NO2/c14-13(11-7-3-1-4-8-11)12-9-5-2-6-10-12;1-4(2)3-5;3-1-2(4)5/h1-10,14H;3H,1-2H3;1,3H2,(H,4,5). The van der Waals surface area contributed by atoms with Crippen molar-refractivity contribution in [3.63, 3.8) is 0 Å². The van der Waals surface area contributed by atoms with Gasteiger partial charge in [-0.25, -0.2) is 0 Å². The van der Waals surface area contributed by atoms with Gasteiger partial charge in [0.05, 0.1) is 12.3 Å². The maximum absolute atomic E-state index is 9.43. The quantitative estimate of drug-likeness (QED) is 0.587. The van der Waals surface area contributed by atoms with Gasteiger partial charge in [0.1, 0.15) is 0 Å². The van der Waals surface area contributed by atoms with Crippen LogP contribution in [0.25, 0.3) is 0 Å². The number of carboxylic acids is 1. The van der Waals surface area contributed by atoms with Crippen LogP contribution in [-0.4, -0.2) is 48.7 Å². The second kappa shape index (κ2) is 12.5. The number of nitrogens with one attached hydrogen (secondary N) is 1. The number of aliphatic carboxylic acids is 1. The van der Waals surface area contributed by atoms with Gasteiger partial charge in [-0.3, -0.25) is 15.0 Å². The number of amides is 1. The summed E-state index contributed by atoms with van der Waals surface area (Å²) in [6.07, 6.45) is 0.750. The van der Waals surface area contributed by atoms with Crippen LogP contribution in [0.2, 0.25) is 0 Å². The van der Waals surface area contributed by atoms with Gasteiger partial charge in [-0.05, 0) is 11.1 Å². The minimum atomic E-state index is -0.968. The summed E-state index contributed by atoms with van der Waals surface area (Å²) in [6, 6.07) is 19.5. The van der Waals surface area contributed by atoms with Crippen LogP contribution in [0.15, 0.2) is 60.7 Å². The first kappa shape index (κ1) is 21.0. The average Bonchev–Trinajstić information content (AvgIpc) is 2.63. The molecule has 0 spiro atoms. The molecule has 1 amide bonds. The van der Waals surface area contributed by atoms with Gasteiger partial charge in [0.2, 0.25) is 6.41 Å². The molecule has 0 saturated heterocycles. The van der Waals surface area contributed by atoms with Crippen LogP contribution in [0.3, 0.4) is 0 Å². The molecular weight excluding hydrogens is 306 g/mol. The van der Waals surface area contributed by atoms with Gasteiger partial charge >= 0.3 is 5.97 Å². The Morgan fingerprint density at radius 3 is 1.54 bits per heavy atom. The molecular formula is C18H23N3O3. The van der Waals surface area contributed by atoms with Gasteiger partial charge in [0.15, 0.2) is 0 Å². The Balaban J connectivity index is 0.000000442. The molecule has 128 valence electrons. The second-order valence-corrected chi connectivity index (χ2v) is 4.77. The molecule has 0 heterocycles. The fourth-order valence-corrected chi connectivity index (χ4v) is 1.38. The molecule has 6 heteroatoms. The molecule has 0 atom stereocenters. The molecule has 0 aliphatic rings. The van der Waals surface area contributed by atoms with Crippen molar-refractivity contribution < 1.29 is 14.7 Å². The predicted octanol–water partition coefficient (Wildman–Crippen LogP) is 1.84. The SMILES string of the molecule is CN(C)C=O.N=C(c1ccccc1)c1ccccc1.NCC(=O)O. The van der Waals surface area contributed by atoms with Crippen molar-refractivity contribution in [2.24, 2.45) is 5.73 Å². The van der Waals surface area contributed by atoms with Gasteiger partial charge < -0.3 is 15.7 Å². The number of rotatable bonds is 4. The van der Waals surface area contributed by atoms with E-state index in [0.717, 1.165) is 17.5 Å². The van der Waals surface area contributed by atoms with Crippen molar-refractivity contribution in [2.75, 3.05) is 20.6 Å². The first-order valence-corrected chi connectivity index (χ1v) is 7.15. The molecule has 24 heavy (non-hydrogen) atoms. The highest BCUT2D eigenvalue weighted by Crippen LogP contribution is 2.08. The number of carbonyl (C=O) groups excluding carboxylic acids is 1. The van der Waals surface area contributed by atoms with Crippen LogP contribution >= 0.6 is 0 Å². The zero-order valence-corrected chi connectivity index (χ0v) is 13.8. The normalized spacial score (nSPS) is 8.62. The van der Waals surface area contributed by atoms with Crippen LogP contribution in [0.1, 0.15) is 11.1 Å². The van der Waals surface area contributed by atoms with E-state index in [-0.39, 0.29) is 6.54 Å². The number of carboxylic acid groups (broad SMARTS) is 1. The first-order chi connectivity index (χ1) is 11.4. The van der Waals surface area contributed by atoms with Crippen molar-refractivity contribution >= 4 is 18.1 Å². The molecule has 6 nitrogen and oxygen atoms in total. The lowest BCUT2D eigenvalue weighted by molar-refractivity contribution is -0.135. The molecule has 4 N–H and O–H groups in total. The minimum Gasteiger partial charge on any atom is -0.480 e. The van der Waals surface area contributed by atoms with Crippen molar-refractivity contribution in [1.29, 1.82) is 5.41 Å². The van der Waals surface area contributed by atoms with Gasteiger partial charge in [0.25, 0.3) is 0 Å². The largest absolute Gasteiger partial charge is 0.480 e. The lowest BCUT2D eigenvalue weighted by Crippen LogP contribution is -2.10. The summed E-state index contributed by atoms with van der Waals surface area (Å²) in [5.41, 5.74) is 7.06. The number of nitrogens with zero attached hydrogens (tertiary/aromatic N) is 1. The molecule has 0 unspecified atom stereocenters. The molecule has 0 aliphatic carbocycles. The van der Waals surface area contributed by atoms with E-state index in [1.807, 2.05) is 60.7 Å². The summed E-state index contributed by atoms with van der Waals surface area (Å²) < 4.78 is 0. The highest BCUT2D eigenvalue weighted by molar-refractivity contribution is 6.10. The molecule has 2 aromatic rings. The van der Waals surface area contributed by atoms with Crippen molar-refractivity contribution in [3.8, 4) is 0 Å². The number of nitrogens with two attached hydrogens (primary N) is 1. The molecule has 0 saturated carbocycles. The highest BCUT2D eigenvalue weighted by atomic mass is 16.4. The van der Waals surface area contributed by atoms with Crippen LogP contribution < -0.4 is 5.73 Å². The zero-order chi connectivity index (χ0) is 18.4. The van der Waals surface area contributed by atoms with Crippen molar-refractivity contribution in [2.45, 2.75) is 0 Å². The number of carbonyl (C=O) groups is 2. The van der Waals surface area contributed by atoms with E-state index in [1.165, 1.54) is 4.90 Å². The van der Waals surface area contributed by atoms with Crippen LogP contribution in [0.5, 0.6) is 0 Å². The fourth-order valence-electron chi connectivity index (χ4n) is 1.38. The lowest BCUT2D eigenvalue weighted by Gasteiger charge is -2.02. The van der Waals surface area contributed by atoms with E-state index < -0.39 is 5.97 Å². The minimum absolute atomic E-state index is 0.278. The zero-order valence-electron chi connectivity index (χ0n) is 13.8. The predicted molar refractivity (Wildman–Crippen MR) is 95.3 cm³/mol. The van der Waals surface area contributed by atoms with E-state index in [2.05, 4.69) is 5.73 Å². The Kier molecular flexibility index (Phi) is 11.0. The summed E-state index contributed by atoms with van der Waals surface area (Å²) in [4.78, 5) is 20.1. The molecule has 0 aromatic heterocycles. The Morgan fingerprint density at radius 1 is 1.04 bits per heavy atom. The topological polar surface area (TPSA) is 107 Å². The fraction of sp³-hybridized carbons (Fsp3) is 0.167. The highest BCUT2D eigenvalue weighted by Gasteiger charge is 2.01. The van der Waals surface area contributed by atoms with Crippen molar-refractivity contribution in [3.05, 3.63) is 71.8 Å². The van der Waals surface area contributed by atoms with Crippen LogP contribution in [0, 0.1) is 5.41 Å². The van der Waals surface area contributed by atoms with E-state index in [4.69, 9.17) is 10.5 Å². The van der Waals surface area contributed by atoms with Gasteiger partial charge in [-0.15, -0.1) is 0 Å². The molecule has 0 aliphatic heterocycles. The second-order valence-electron chi connectivity index (χ2n) is 4.77. The van der Waals surface area contributed by atoms with Gasteiger partial charge in [0, 0.05) is 14.1 Å². The molecule has 0 bridgehead atoms. The monoisotopic (exact) mass is 329 g/mol. The molecule has 2 aromatic carbocycles. The Bertz CT molecular complexity index is 572. The third-order valence-corrected chi connectivity index (χ3v) is 2.51. The smallest absolute Gasteiger partial charge is 0.317 e. The van der Waals surface area contributed by atoms with Gasteiger partial charge in [-0.1, -0.05) is 60.7 Å². The Labute approximate surface area is 142 Å². The summed E-state index contributed by atoms with van der Waals surface area (Å²) in [6.45, 7) is -0.278. The summed E-state index contributed by atoms with van der Waals surface area (Å²) in [5.74, 6) is -0.968. The summed E-state index contributed by atoms with van der Waals surface area (Å²) in [7, 11) is 3.38. The van der Waals surface area contributed by atoms with Crippen LogP contribution in [-0.2, 0) is 9.59 Å². The van der Waals surface area contributed by atoms with E-state index in [9.17, 15) is 9.59 Å². The van der Waals surface area contributed by atoms with E-state index >= 15 is 0 Å². The maximum Gasteiger partial charge on any atom is 0.317 e. The van der Waals surface area contributed by atoms with E-state index in [1.54, 1.807) is 14.1 Å². The van der Waals surface area contributed by atoms with Crippen molar-refractivity contribution in [1.82, 2.24) is 4.90 Å². The lowest BCUT2D eigenvalue weighted by atomic mass is 10.0. The Hall–Kier alpha value is -2.99. The first-order valence-electron chi connectivity index (χ1n) is 7.15. The number of benzene rings is 2. The molecule has 0 fully saturated rings. The molecule has 2 rings (SSSR count). The average molecular weight is 329 g/mol. The Morgan fingerprint density at radius 2 is 1.33 bits per heavy atom. The summed E-state index contributed by atoms with van der Waals surface area (Å²) >= 11 is 0. The number of hydrogen-bond acceptors (Lipinski definition) is 4. The number of hydrogen-bond donors (Lipinski definition) is 3. The van der Waals surface area contributed by atoms with Crippen LogP contribution in [0.4, 0.5) is 0 Å². The third-order valence-electron chi connectivity index (χ3n) is 2.51. The maximum atomic E-state index is 9.43. The molecule has 0 radical (unpaired) electrons. The summed E-state index contributed by atoms with van der Waals surface area (Å²) in [5, 5.41) is 15.6. The third kappa shape index (κ3) is 9.86.